The topological polar surface area (TPSA) is 68.0 Å². The van der Waals surface area contributed by atoms with Gasteiger partial charge in [-0.15, -0.1) is 23.1 Å². The molecule has 1 N–H and O–H groups in total. The van der Waals surface area contributed by atoms with Gasteiger partial charge in [-0.3, -0.25) is 10.1 Å². The summed E-state index contributed by atoms with van der Waals surface area (Å²) in [6, 6.07) is 17.6. The molecular formula is C22H19N3O2S2. The van der Waals surface area contributed by atoms with Crippen molar-refractivity contribution in [1.82, 2.24) is 10.1 Å². The number of hydrogen-bond acceptors (Lipinski definition) is 6. The van der Waals surface area contributed by atoms with Crippen molar-refractivity contribution in [1.29, 1.82) is 0 Å². The molecule has 0 saturated heterocycles. The number of nitrogens with zero attached hydrogens (tertiary/aromatic N) is 2. The first-order valence-corrected chi connectivity index (χ1v) is 10.9. The van der Waals surface area contributed by atoms with Gasteiger partial charge < -0.3 is 4.52 Å². The Kier molecular flexibility index (Phi) is 5.78. The number of thiazole rings is 1. The Morgan fingerprint density at radius 1 is 1.14 bits per heavy atom. The fraction of sp³-hybridized carbons (Fsp3) is 0.136. The van der Waals surface area contributed by atoms with Gasteiger partial charge in [0.2, 0.25) is 0 Å². The molecule has 29 heavy (non-hydrogen) atoms. The number of nitrogens with one attached hydrogen (secondary N) is 1. The second-order valence-corrected chi connectivity index (χ2v) is 8.45. The molecule has 2 aromatic heterocycles. The molecule has 2 aromatic carbocycles. The van der Waals surface area contributed by atoms with E-state index in [1.54, 1.807) is 11.8 Å². The Bertz CT molecular complexity index is 1130. The lowest BCUT2D eigenvalue weighted by atomic mass is 10.1. The Morgan fingerprint density at radius 2 is 1.93 bits per heavy atom. The quantitative estimate of drug-likeness (QED) is 0.389. The smallest absolute Gasteiger partial charge is 0.258 e. The van der Waals surface area contributed by atoms with Crippen molar-refractivity contribution in [3.05, 3.63) is 82.6 Å². The number of aromatic nitrogens is 2. The van der Waals surface area contributed by atoms with Crippen LogP contribution in [0.5, 0.6) is 0 Å². The zero-order valence-corrected chi connectivity index (χ0v) is 17.6. The van der Waals surface area contributed by atoms with Gasteiger partial charge in [-0.2, -0.15) is 0 Å². The Hall–Kier alpha value is -2.90. The van der Waals surface area contributed by atoms with Gasteiger partial charge >= 0.3 is 0 Å². The maximum atomic E-state index is 12.8. The zero-order chi connectivity index (χ0) is 20.2. The highest BCUT2D eigenvalue weighted by Crippen LogP contribution is 2.29. The average molecular weight is 422 g/mol. The Morgan fingerprint density at radius 3 is 2.69 bits per heavy atom. The highest BCUT2D eigenvalue weighted by Gasteiger charge is 2.14. The first-order valence-electron chi connectivity index (χ1n) is 9.06. The standard InChI is InChI=1S/C22H19N3O2S2/c1-14-7-9-16(10-8-14)19-13-29-22(23-19)24-21(26)18-5-3-4-6-20(18)28-12-17-11-15(2)25-27-17/h3-11,13H,12H2,1-2H3,(H,23,24,26). The summed E-state index contributed by atoms with van der Waals surface area (Å²) in [4.78, 5) is 18.3. The molecule has 0 aliphatic heterocycles. The van der Waals surface area contributed by atoms with Crippen molar-refractivity contribution >= 4 is 34.1 Å². The molecule has 0 unspecified atom stereocenters. The van der Waals surface area contributed by atoms with Gasteiger partial charge in [-0.05, 0) is 26.0 Å². The number of anilines is 1. The lowest BCUT2D eigenvalue weighted by molar-refractivity contribution is 0.102. The number of aryl methyl sites for hydroxylation is 2. The van der Waals surface area contributed by atoms with Crippen LogP contribution in [0, 0.1) is 13.8 Å². The maximum Gasteiger partial charge on any atom is 0.258 e. The van der Waals surface area contributed by atoms with Crippen molar-refractivity contribution in [2.75, 3.05) is 5.32 Å². The summed E-state index contributed by atoms with van der Waals surface area (Å²) < 4.78 is 5.25. The second-order valence-electron chi connectivity index (χ2n) is 6.58. The number of carbonyl (C=O) groups is 1. The van der Waals surface area contributed by atoms with Crippen LogP contribution in [0.3, 0.4) is 0 Å². The molecule has 2 heterocycles. The summed E-state index contributed by atoms with van der Waals surface area (Å²) >= 11 is 2.96. The van der Waals surface area contributed by atoms with Crippen molar-refractivity contribution in [3.8, 4) is 11.3 Å². The summed E-state index contributed by atoms with van der Waals surface area (Å²) in [6.07, 6.45) is 0. The van der Waals surface area contributed by atoms with Crippen LogP contribution in [0.15, 0.2) is 69.4 Å². The highest BCUT2D eigenvalue weighted by molar-refractivity contribution is 7.98. The van der Waals surface area contributed by atoms with Crippen molar-refractivity contribution in [2.45, 2.75) is 24.5 Å². The van der Waals surface area contributed by atoms with E-state index in [2.05, 4.69) is 34.5 Å². The van der Waals surface area contributed by atoms with Gasteiger partial charge in [-0.1, -0.05) is 47.1 Å². The van der Waals surface area contributed by atoms with Gasteiger partial charge in [0, 0.05) is 21.9 Å². The molecular weight excluding hydrogens is 402 g/mol. The van der Waals surface area contributed by atoms with Crippen LogP contribution in [0.2, 0.25) is 0 Å². The molecule has 0 fully saturated rings. The summed E-state index contributed by atoms with van der Waals surface area (Å²) in [6.45, 7) is 3.94. The van der Waals surface area contributed by atoms with E-state index in [1.165, 1.54) is 16.9 Å². The molecule has 0 aliphatic rings. The van der Waals surface area contributed by atoms with Crippen LogP contribution in [-0.2, 0) is 5.75 Å². The van der Waals surface area contributed by atoms with Crippen molar-refractivity contribution in [2.24, 2.45) is 0 Å². The maximum absolute atomic E-state index is 12.8. The van der Waals surface area contributed by atoms with E-state index < -0.39 is 0 Å². The molecule has 5 nitrogen and oxygen atoms in total. The lowest BCUT2D eigenvalue weighted by Gasteiger charge is -2.07. The molecule has 0 bridgehead atoms. The third-order valence-corrected chi connectivity index (χ3v) is 6.10. The lowest BCUT2D eigenvalue weighted by Crippen LogP contribution is -2.12. The number of hydrogen-bond donors (Lipinski definition) is 1. The van der Waals surface area contributed by atoms with E-state index in [9.17, 15) is 4.79 Å². The van der Waals surface area contributed by atoms with Crippen LogP contribution in [-0.4, -0.2) is 16.0 Å². The number of benzene rings is 2. The van der Waals surface area contributed by atoms with E-state index in [4.69, 9.17) is 4.52 Å². The highest BCUT2D eigenvalue weighted by atomic mass is 32.2. The van der Waals surface area contributed by atoms with Crippen LogP contribution in [0.4, 0.5) is 5.13 Å². The second kappa shape index (κ2) is 8.63. The van der Waals surface area contributed by atoms with Gasteiger partial charge in [-0.25, -0.2) is 4.98 Å². The number of carbonyl (C=O) groups excluding carboxylic acids is 1. The minimum Gasteiger partial charge on any atom is -0.360 e. The number of rotatable bonds is 6. The monoisotopic (exact) mass is 421 g/mol. The Labute approximate surface area is 177 Å². The Balaban J connectivity index is 1.47. The third kappa shape index (κ3) is 4.75. The summed E-state index contributed by atoms with van der Waals surface area (Å²) in [5.41, 5.74) is 4.55. The van der Waals surface area contributed by atoms with Gasteiger partial charge in [0.25, 0.3) is 5.91 Å². The molecule has 0 saturated carbocycles. The van der Waals surface area contributed by atoms with E-state index in [0.29, 0.717) is 16.4 Å². The molecule has 0 radical (unpaired) electrons. The molecule has 0 atom stereocenters. The zero-order valence-electron chi connectivity index (χ0n) is 16.0. The van der Waals surface area contributed by atoms with Gasteiger partial charge in [0.05, 0.1) is 22.7 Å². The molecule has 0 spiro atoms. The first-order chi connectivity index (χ1) is 14.1. The SMILES string of the molecule is Cc1ccc(-c2csc(NC(=O)c3ccccc3SCc3cc(C)no3)n2)cc1. The van der Waals surface area contributed by atoms with Crippen LogP contribution in [0.1, 0.15) is 27.4 Å². The normalized spacial score (nSPS) is 10.8. The molecule has 7 heteroatoms. The van der Waals surface area contributed by atoms with Crippen LogP contribution in [0.25, 0.3) is 11.3 Å². The van der Waals surface area contributed by atoms with Crippen molar-refractivity contribution < 1.29 is 9.32 Å². The third-order valence-electron chi connectivity index (χ3n) is 4.25. The molecule has 4 rings (SSSR count). The largest absolute Gasteiger partial charge is 0.360 e. The molecule has 146 valence electrons. The van der Waals surface area contributed by atoms with E-state index >= 15 is 0 Å². The fourth-order valence-electron chi connectivity index (χ4n) is 2.77. The van der Waals surface area contributed by atoms with E-state index in [0.717, 1.165) is 27.6 Å². The number of thioether (sulfide) groups is 1. The molecule has 1 amide bonds. The summed E-state index contributed by atoms with van der Waals surface area (Å²) in [7, 11) is 0. The molecule has 4 aromatic rings. The fourth-order valence-corrected chi connectivity index (χ4v) is 4.41. The van der Waals surface area contributed by atoms with Gasteiger partial charge in [0.1, 0.15) is 5.76 Å². The number of amides is 1. The van der Waals surface area contributed by atoms with E-state index in [1.807, 2.05) is 54.8 Å². The van der Waals surface area contributed by atoms with Crippen LogP contribution >= 0.6 is 23.1 Å². The predicted octanol–water partition coefficient (Wildman–Crippen LogP) is 5.96. The van der Waals surface area contributed by atoms with Crippen LogP contribution < -0.4 is 5.32 Å². The summed E-state index contributed by atoms with van der Waals surface area (Å²) in [5, 5.41) is 9.35. The van der Waals surface area contributed by atoms with E-state index in [-0.39, 0.29) is 5.91 Å². The first kappa shape index (κ1) is 19.4. The summed E-state index contributed by atoms with van der Waals surface area (Å²) in [5.74, 6) is 1.22. The minimum absolute atomic E-state index is 0.174. The van der Waals surface area contributed by atoms with Gasteiger partial charge in [0.15, 0.2) is 5.13 Å². The van der Waals surface area contributed by atoms with Crippen molar-refractivity contribution in [3.63, 3.8) is 0 Å². The average Bonchev–Trinajstić information content (AvgIpc) is 3.36. The predicted molar refractivity (Wildman–Crippen MR) is 117 cm³/mol. The molecule has 0 aliphatic carbocycles. The minimum atomic E-state index is -0.174.